The van der Waals surface area contributed by atoms with Crippen molar-refractivity contribution in [2.24, 2.45) is 0 Å². The minimum Gasteiger partial charge on any atom is -0.480 e. The van der Waals surface area contributed by atoms with Gasteiger partial charge in [-0.2, -0.15) is 0 Å². The first-order valence-corrected chi connectivity index (χ1v) is 7.09. The Morgan fingerprint density at radius 1 is 1.10 bits per heavy atom. The van der Waals surface area contributed by atoms with E-state index in [1.165, 1.54) is 0 Å². The third-order valence-electron chi connectivity index (χ3n) is 3.08. The van der Waals surface area contributed by atoms with E-state index in [4.69, 9.17) is 9.84 Å². The SMILES string of the molecule is CC(C)c1cccc(C(C)C)c1OC(=O)CNCC(=O)O. The lowest BCUT2D eigenvalue weighted by atomic mass is 9.94. The number of rotatable bonds is 7. The molecule has 0 saturated carbocycles. The predicted octanol–water partition coefficient (Wildman–Crippen LogP) is 2.51. The van der Waals surface area contributed by atoms with Crippen molar-refractivity contribution in [2.45, 2.75) is 39.5 Å². The van der Waals surface area contributed by atoms with Gasteiger partial charge in [-0.3, -0.25) is 14.9 Å². The summed E-state index contributed by atoms with van der Waals surface area (Å²) in [5.74, 6) is -0.416. The van der Waals surface area contributed by atoms with Crippen LogP contribution in [0.1, 0.15) is 50.7 Å². The molecule has 5 nitrogen and oxygen atoms in total. The van der Waals surface area contributed by atoms with E-state index in [1.807, 2.05) is 45.9 Å². The summed E-state index contributed by atoms with van der Waals surface area (Å²) in [5, 5.41) is 11.1. The first-order valence-electron chi connectivity index (χ1n) is 7.09. The lowest BCUT2D eigenvalue weighted by Crippen LogP contribution is -2.31. The molecule has 0 aromatic heterocycles. The molecule has 0 amide bonds. The molecule has 2 N–H and O–H groups in total. The Labute approximate surface area is 125 Å². The molecule has 5 heteroatoms. The fourth-order valence-electron chi connectivity index (χ4n) is 2.02. The maximum Gasteiger partial charge on any atom is 0.325 e. The maximum absolute atomic E-state index is 11.9. The van der Waals surface area contributed by atoms with Crippen LogP contribution in [0.2, 0.25) is 0 Å². The van der Waals surface area contributed by atoms with E-state index in [2.05, 4.69) is 5.32 Å². The van der Waals surface area contributed by atoms with Crippen LogP contribution in [0.5, 0.6) is 5.75 Å². The van der Waals surface area contributed by atoms with Crippen molar-refractivity contribution in [3.63, 3.8) is 0 Å². The minimum atomic E-state index is -1.01. The zero-order chi connectivity index (χ0) is 16.0. The smallest absolute Gasteiger partial charge is 0.325 e. The van der Waals surface area contributed by atoms with Crippen LogP contribution < -0.4 is 10.1 Å². The summed E-state index contributed by atoms with van der Waals surface area (Å²) in [6, 6.07) is 5.86. The average Bonchev–Trinajstić information content (AvgIpc) is 2.37. The summed E-state index contributed by atoms with van der Waals surface area (Å²) < 4.78 is 5.49. The Kier molecular flexibility index (Phi) is 6.37. The zero-order valence-electron chi connectivity index (χ0n) is 13.0. The number of esters is 1. The highest BCUT2D eigenvalue weighted by atomic mass is 16.5. The van der Waals surface area contributed by atoms with Gasteiger partial charge < -0.3 is 9.84 Å². The van der Waals surface area contributed by atoms with E-state index in [9.17, 15) is 9.59 Å². The van der Waals surface area contributed by atoms with Crippen LogP contribution in [0.3, 0.4) is 0 Å². The Bertz CT molecular complexity index is 483. The molecule has 0 unspecified atom stereocenters. The number of benzene rings is 1. The lowest BCUT2D eigenvalue weighted by Gasteiger charge is -2.18. The van der Waals surface area contributed by atoms with Crippen LogP contribution in [0.15, 0.2) is 18.2 Å². The molecule has 0 saturated heterocycles. The zero-order valence-corrected chi connectivity index (χ0v) is 13.0. The summed E-state index contributed by atoms with van der Waals surface area (Å²) in [6.07, 6.45) is 0. The molecular weight excluding hydrogens is 270 g/mol. The highest BCUT2D eigenvalue weighted by Gasteiger charge is 2.17. The normalized spacial score (nSPS) is 11.0. The average molecular weight is 293 g/mol. The molecule has 0 atom stereocenters. The van der Waals surface area contributed by atoms with Crippen molar-refractivity contribution in [2.75, 3.05) is 13.1 Å². The number of hydrogen-bond donors (Lipinski definition) is 2. The first kappa shape index (κ1) is 17.2. The molecule has 1 aromatic carbocycles. The number of carbonyl (C=O) groups is 2. The van der Waals surface area contributed by atoms with Gasteiger partial charge in [0, 0.05) is 0 Å². The number of hydrogen-bond acceptors (Lipinski definition) is 4. The third kappa shape index (κ3) is 5.19. The van der Waals surface area contributed by atoms with E-state index in [1.54, 1.807) is 0 Å². The van der Waals surface area contributed by atoms with Crippen LogP contribution >= 0.6 is 0 Å². The second kappa shape index (κ2) is 7.78. The van der Waals surface area contributed by atoms with E-state index in [0.29, 0.717) is 5.75 Å². The summed E-state index contributed by atoms with van der Waals surface area (Å²) >= 11 is 0. The molecule has 0 aliphatic heterocycles. The van der Waals surface area contributed by atoms with Gasteiger partial charge in [-0.1, -0.05) is 45.9 Å². The fraction of sp³-hybridized carbons (Fsp3) is 0.500. The van der Waals surface area contributed by atoms with Gasteiger partial charge in [-0.25, -0.2) is 0 Å². The van der Waals surface area contributed by atoms with E-state index in [-0.39, 0.29) is 24.9 Å². The second-order valence-electron chi connectivity index (χ2n) is 5.55. The topological polar surface area (TPSA) is 75.6 Å². The van der Waals surface area contributed by atoms with Crippen molar-refractivity contribution in [3.8, 4) is 5.75 Å². The molecule has 0 aliphatic carbocycles. The van der Waals surface area contributed by atoms with Gasteiger partial charge in [-0.05, 0) is 23.0 Å². The van der Waals surface area contributed by atoms with Crippen LogP contribution in [0.4, 0.5) is 0 Å². The van der Waals surface area contributed by atoms with Gasteiger partial charge in [0.1, 0.15) is 5.75 Å². The van der Waals surface area contributed by atoms with Gasteiger partial charge in [0.05, 0.1) is 13.1 Å². The van der Waals surface area contributed by atoms with Gasteiger partial charge in [0.15, 0.2) is 0 Å². The van der Waals surface area contributed by atoms with Gasteiger partial charge >= 0.3 is 11.9 Å². The monoisotopic (exact) mass is 293 g/mol. The number of para-hydroxylation sites is 1. The molecular formula is C16H23NO4. The Hall–Kier alpha value is -1.88. The Morgan fingerprint density at radius 2 is 1.62 bits per heavy atom. The molecule has 0 heterocycles. The Balaban J connectivity index is 2.89. The number of carboxylic acids is 1. The van der Waals surface area contributed by atoms with Crippen molar-refractivity contribution in [1.82, 2.24) is 5.32 Å². The summed E-state index contributed by atoms with van der Waals surface area (Å²) in [4.78, 5) is 22.3. The van der Waals surface area contributed by atoms with Crippen LogP contribution in [0.25, 0.3) is 0 Å². The molecule has 0 radical (unpaired) electrons. The molecule has 0 spiro atoms. The first-order chi connectivity index (χ1) is 9.82. The molecule has 116 valence electrons. The number of aliphatic carboxylic acids is 1. The van der Waals surface area contributed by atoms with E-state index >= 15 is 0 Å². The van der Waals surface area contributed by atoms with Gasteiger partial charge in [0.25, 0.3) is 0 Å². The Morgan fingerprint density at radius 3 is 2.05 bits per heavy atom. The summed E-state index contributed by atoms with van der Waals surface area (Å²) in [5.41, 5.74) is 1.96. The van der Waals surface area contributed by atoms with Crippen molar-refractivity contribution in [3.05, 3.63) is 29.3 Å². The largest absolute Gasteiger partial charge is 0.480 e. The lowest BCUT2D eigenvalue weighted by molar-refractivity contribution is -0.136. The number of carbonyl (C=O) groups excluding carboxylic acids is 1. The van der Waals surface area contributed by atoms with Crippen molar-refractivity contribution >= 4 is 11.9 Å². The third-order valence-corrected chi connectivity index (χ3v) is 3.08. The predicted molar refractivity (Wildman–Crippen MR) is 80.8 cm³/mol. The van der Waals surface area contributed by atoms with Crippen molar-refractivity contribution < 1.29 is 19.4 Å². The number of carboxylic acid groups (broad SMARTS) is 1. The molecule has 21 heavy (non-hydrogen) atoms. The summed E-state index contributed by atoms with van der Waals surface area (Å²) in [6.45, 7) is 7.77. The fourth-order valence-corrected chi connectivity index (χ4v) is 2.02. The molecule has 1 aromatic rings. The highest BCUT2D eigenvalue weighted by molar-refractivity contribution is 5.76. The molecule has 0 fully saturated rings. The number of nitrogens with one attached hydrogen (secondary N) is 1. The minimum absolute atomic E-state index is 0.129. The van der Waals surface area contributed by atoms with Crippen LogP contribution in [-0.2, 0) is 9.59 Å². The summed E-state index contributed by atoms with van der Waals surface area (Å²) in [7, 11) is 0. The number of ether oxygens (including phenoxy) is 1. The van der Waals surface area contributed by atoms with Crippen LogP contribution in [-0.4, -0.2) is 30.1 Å². The van der Waals surface area contributed by atoms with E-state index in [0.717, 1.165) is 11.1 Å². The van der Waals surface area contributed by atoms with E-state index < -0.39 is 11.9 Å². The van der Waals surface area contributed by atoms with Crippen molar-refractivity contribution in [1.29, 1.82) is 0 Å². The second-order valence-corrected chi connectivity index (χ2v) is 5.55. The van der Waals surface area contributed by atoms with Gasteiger partial charge in [0.2, 0.25) is 0 Å². The highest BCUT2D eigenvalue weighted by Crippen LogP contribution is 2.34. The standard InChI is InChI=1S/C16H23NO4/c1-10(2)12-6-5-7-13(11(3)4)16(12)21-15(20)9-17-8-14(18)19/h5-7,10-11,17H,8-9H2,1-4H3,(H,18,19). The molecule has 0 bridgehead atoms. The quantitative estimate of drug-likeness (QED) is 0.597. The molecule has 0 aliphatic rings. The van der Waals surface area contributed by atoms with Crippen LogP contribution in [0, 0.1) is 0 Å². The molecule has 1 rings (SSSR count). The maximum atomic E-state index is 11.9. The van der Waals surface area contributed by atoms with Gasteiger partial charge in [-0.15, -0.1) is 0 Å².